The number of pyridine rings is 2. The van der Waals surface area contributed by atoms with Gasteiger partial charge in [-0.3, -0.25) is 38.0 Å². The number of aromatic nitrogens is 2. The fourth-order valence-electron chi connectivity index (χ4n) is 4.31. The lowest BCUT2D eigenvalue weighted by Gasteiger charge is -2.17. The van der Waals surface area contributed by atoms with Gasteiger partial charge in [0.25, 0.3) is 22.9 Å². The smallest absolute Gasteiger partial charge is 0.278 e. The zero-order valence-corrected chi connectivity index (χ0v) is 31.5. The highest BCUT2D eigenvalue weighted by Gasteiger charge is 2.20. The summed E-state index contributed by atoms with van der Waals surface area (Å²) in [5.41, 5.74) is 4.89. The third-order valence-corrected chi connectivity index (χ3v) is 8.10. The molecule has 0 unspecified atom stereocenters. The zero-order chi connectivity index (χ0) is 37.1. The lowest BCUT2D eigenvalue weighted by Crippen LogP contribution is -2.30. The molecule has 50 heavy (non-hydrogen) atoms. The molecule has 0 saturated carbocycles. The molecule has 0 atom stereocenters. The first-order valence-corrected chi connectivity index (χ1v) is 16.8. The second-order valence-corrected chi connectivity index (χ2v) is 12.9. The fourth-order valence-corrected chi connectivity index (χ4v) is 5.21. The summed E-state index contributed by atoms with van der Waals surface area (Å²) >= 11 is 3.96. The summed E-state index contributed by atoms with van der Waals surface area (Å²) in [6.45, 7) is 2.47. The lowest BCUT2D eigenvalue weighted by molar-refractivity contribution is 0.0166. The summed E-state index contributed by atoms with van der Waals surface area (Å²) in [7, 11) is 2.96. The first-order chi connectivity index (χ1) is 23.7. The van der Waals surface area contributed by atoms with Crippen LogP contribution in [-0.2, 0) is 23.8 Å². The number of hydroxylamine groups is 2. The molecule has 2 amide bonds. The number of rotatable bonds is 12. The van der Waals surface area contributed by atoms with Gasteiger partial charge in [-0.2, -0.15) is 0 Å². The molecule has 268 valence electrons. The number of benzene rings is 2. The van der Waals surface area contributed by atoms with E-state index in [4.69, 9.17) is 19.9 Å². The van der Waals surface area contributed by atoms with Crippen LogP contribution >= 0.6 is 45.2 Å². The number of carbonyl (C=O) groups excluding carboxylic acids is 2. The second kappa shape index (κ2) is 18.9. The first-order valence-electron chi connectivity index (χ1n) is 14.6. The molecule has 4 rings (SSSR count). The van der Waals surface area contributed by atoms with Crippen LogP contribution in [0.15, 0.2) is 58.1 Å². The van der Waals surface area contributed by atoms with E-state index in [1.807, 2.05) is 45.2 Å². The molecular weight excluding hydrogens is 888 g/mol. The van der Waals surface area contributed by atoms with Crippen molar-refractivity contribution in [2.24, 2.45) is 14.1 Å². The van der Waals surface area contributed by atoms with Crippen LogP contribution in [0.5, 0.6) is 0 Å². The molecule has 0 bridgehead atoms. The van der Waals surface area contributed by atoms with Crippen LogP contribution in [0.25, 0.3) is 0 Å². The number of amides is 2. The number of nitrogens with one attached hydrogen (secondary N) is 4. The van der Waals surface area contributed by atoms with Gasteiger partial charge in [-0.15, -0.1) is 0 Å². The number of aryl methyl sites for hydroxylation is 2. The highest BCUT2D eigenvalue weighted by Crippen LogP contribution is 2.25. The Morgan fingerprint density at radius 1 is 0.700 bits per heavy atom. The van der Waals surface area contributed by atoms with Crippen molar-refractivity contribution in [2.75, 3.05) is 37.1 Å². The van der Waals surface area contributed by atoms with Crippen molar-refractivity contribution >= 4 is 80.0 Å². The SMILES string of the molecule is Cc1cc(C(=O)NOCCO)c(Nc2ccc(I)cc2F)n(C)c1=O.Cc1cc(C(=O)NOCCO)c(Nc2ccc(I)cc2F)n(C)c1=O. The average Bonchev–Trinajstić information content (AvgIpc) is 3.07. The van der Waals surface area contributed by atoms with Crippen molar-refractivity contribution in [3.8, 4) is 0 Å². The quantitative estimate of drug-likeness (QED) is 0.0697. The van der Waals surface area contributed by atoms with Crippen molar-refractivity contribution in [3.05, 3.63) is 110 Å². The van der Waals surface area contributed by atoms with Gasteiger partial charge >= 0.3 is 0 Å². The van der Waals surface area contributed by atoms with Crippen molar-refractivity contribution in [1.29, 1.82) is 0 Å². The van der Waals surface area contributed by atoms with Crippen LogP contribution in [0.1, 0.15) is 31.8 Å². The molecule has 6 N–H and O–H groups in total. The predicted molar refractivity (Wildman–Crippen MR) is 199 cm³/mol. The summed E-state index contributed by atoms with van der Waals surface area (Å²) < 4.78 is 32.1. The molecule has 0 aliphatic heterocycles. The first kappa shape index (κ1) is 40.5. The molecule has 2 aromatic heterocycles. The van der Waals surface area contributed by atoms with E-state index in [9.17, 15) is 28.0 Å². The van der Waals surface area contributed by atoms with Gasteiger partial charge in [-0.05, 0) is 108 Å². The molecule has 0 radical (unpaired) electrons. The van der Waals surface area contributed by atoms with Gasteiger partial charge in [-0.25, -0.2) is 19.7 Å². The van der Waals surface area contributed by atoms with Gasteiger partial charge in [0.2, 0.25) is 0 Å². The molecule has 0 aliphatic carbocycles. The summed E-state index contributed by atoms with van der Waals surface area (Å²) in [6.07, 6.45) is 0. The van der Waals surface area contributed by atoms with E-state index in [0.29, 0.717) is 18.3 Å². The number of hydrogen-bond donors (Lipinski definition) is 6. The predicted octanol–water partition coefficient (Wildman–Crippen LogP) is 3.67. The van der Waals surface area contributed by atoms with Gasteiger partial charge in [0, 0.05) is 32.4 Å². The van der Waals surface area contributed by atoms with E-state index >= 15 is 0 Å². The average molecular weight is 922 g/mol. The number of hydrogen-bond acceptors (Lipinski definition) is 10. The van der Waals surface area contributed by atoms with E-state index < -0.39 is 23.4 Å². The molecule has 0 saturated heterocycles. The van der Waals surface area contributed by atoms with Crippen LogP contribution in [0, 0.1) is 32.6 Å². The van der Waals surface area contributed by atoms with Gasteiger partial charge in [0.05, 0.1) is 48.9 Å². The van der Waals surface area contributed by atoms with Crippen molar-refractivity contribution < 1.29 is 38.3 Å². The highest BCUT2D eigenvalue weighted by molar-refractivity contribution is 14.1. The van der Waals surface area contributed by atoms with Crippen LogP contribution < -0.4 is 32.7 Å². The van der Waals surface area contributed by atoms with Crippen molar-refractivity contribution in [1.82, 2.24) is 20.1 Å². The van der Waals surface area contributed by atoms with Crippen molar-refractivity contribution in [3.63, 3.8) is 0 Å². The van der Waals surface area contributed by atoms with E-state index in [0.717, 1.165) is 0 Å². The Bertz CT molecular complexity index is 1850. The minimum atomic E-state index is -0.624. The van der Waals surface area contributed by atoms with Gasteiger partial charge < -0.3 is 20.8 Å². The minimum absolute atomic E-state index is 0.0784. The summed E-state index contributed by atoms with van der Waals surface area (Å²) in [4.78, 5) is 58.6. The van der Waals surface area contributed by atoms with Crippen LogP contribution in [-0.4, -0.2) is 57.6 Å². The number of carbonyl (C=O) groups is 2. The molecule has 14 nitrogen and oxygen atoms in total. The maximum absolute atomic E-state index is 14.1. The Hall–Kier alpha value is -3.96. The van der Waals surface area contributed by atoms with Gasteiger partial charge in [-0.1, -0.05) is 0 Å². The van der Waals surface area contributed by atoms with E-state index in [2.05, 4.69) is 21.6 Å². The Labute approximate surface area is 312 Å². The molecule has 4 aromatic rings. The number of nitrogens with zero attached hydrogens (tertiary/aromatic N) is 2. The Balaban J connectivity index is 0.000000270. The van der Waals surface area contributed by atoms with Crippen LogP contribution in [0.4, 0.5) is 31.8 Å². The maximum atomic E-state index is 14.1. The third-order valence-electron chi connectivity index (χ3n) is 6.76. The second-order valence-electron chi connectivity index (χ2n) is 10.4. The molecule has 18 heteroatoms. The summed E-state index contributed by atoms with van der Waals surface area (Å²) in [6, 6.07) is 11.9. The van der Waals surface area contributed by atoms with E-state index in [1.54, 1.807) is 26.0 Å². The van der Waals surface area contributed by atoms with E-state index in [1.165, 1.54) is 59.6 Å². The maximum Gasteiger partial charge on any atom is 0.278 e. The number of anilines is 4. The van der Waals surface area contributed by atoms with Gasteiger partial charge in [0.15, 0.2) is 0 Å². The van der Waals surface area contributed by atoms with Gasteiger partial charge in [0.1, 0.15) is 23.3 Å². The topological polar surface area (TPSA) is 185 Å². The molecule has 2 aromatic carbocycles. The highest BCUT2D eigenvalue weighted by atomic mass is 127. The molecule has 0 spiro atoms. The number of aliphatic hydroxyl groups is 2. The Morgan fingerprint density at radius 3 is 1.38 bits per heavy atom. The molecular formula is C32H34F2I2N6O8. The van der Waals surface area contributed by atoms with Crippen LogP contribution in [0.3, 0.4) is 0 Å². The van der Waals surface area contributed by atoms with E-state index in [-0.39, 0.29) is 71.7 Å². The van der Waals surface area contributed by atoms with Crippen molar-refractivity contribution in [2.45, 2.75) is 13.8 Å². The Kier molecular flexibility index (Phi) is 15.3. The van der Waals surface area contributed by atoms with Crippen LogP contribution in [0.2, 0.25) is 0 Å². The fraction of sp³-hybridized carbons (Fsp3) is 0.250. The zero-order valence-electron chi connectivity index (χ0n) is 27.2. The largest absolute Gasteiger partial charge is 0.394 e. The molecule has 0 aliphatic rings. The third kappa shape index (κ3) is 10.5. The molecule has 0 fully saturated rings. The Morgan fingerprint density at radius 2 is 1.06 bits per heavy atom. The molecule has 2 heterocycles. The number of halogens is 4. The monoisotopic (exact) mass is 922 g/mol. The minimum Gasteiger partial charge on any atom is -0.394 e. The summed E-state index contributed by atoms with van der Waals surface area (Å²) in [5.74, 6) is -2.02. The lowest BCUT2D eigenvalue weighted by atomic mass is 10.1. The normalized spacial score (nSPS) is 10.6. The number of aliphatic hydroxyl groups excluding tert-OH is 2. The summed E-state index contributed by atoms with van der Waals surface area (Å²) in [5, 5.41) is 23.0. The standard InChI is InChI=1S/2C16H17FIN3O4/c2*1-9-7-11(15(23)20-25-6-5-22)14(21(2)16(9)24)19-13-4-3-10(18)8-12(13)17/h2*3-4,7-8,19,22H,5-6H2,1-2H3,(H,20,23).